The molecular formula is C20H25ClFO5P. The normalized spacial score (nSPS) is 12.7. The summed E-state index contributed by atoms with van der Waals surface area (Å²) in [5.41, 5.74) is 0.949. The van der Waals surface area contributed by atoms with Crippen LogP contribution in [0.5, 0.6) is 17.2 Å². The highest BCUT2D eigenvalue weighted by atomic mass is 35.5. The molecule has 5 nitrogen and oxygen atoms in total. The zero-order valence-electron chi connectivity index (χ0n) is 16.3. The van der Waals surface area contributed by atoms with Gasteiger partial charge in [0.1, 0.15) is 16.5 Å². The van der Waals surface area contributed by atoms with Crippen LogP contribution < -0.4 is 14.8 Å². The molecule has 2 N–H and O–H groups in total. The van der Waals surface area contributed by atoms with Crippen molar-refractivity contribution in [1.29, 1.82) is 0 Å². The van der Waals surface area contributed by atoms with E-state index in [9.17, 15) is 18.7 Å². The monoisotopic (exact) mass is 430 g/mol. The number of hydrogen-bond acceptors (Lipinski definition) is 3. The summed E-state index contributed by atoms with van der Waals surface area (Å²) in [7, 11) is -4.39. The Morgan fingerprint density at radius 3 is 2.29 bits per heavy atom. The molecule has 2 aromatic rings. The summed E-state index contributed by atoms with van der Waals surface area (Å²) in [5.74, 6) is 0.0596. The van der Waals surface area contributed by atoms with Crippen LogP contribution in [-0.4, -0.2) is 16.4 Å². The van der Waals surface area contributed by atoms with Crippen molar-refractivity contribution in [3.8, 4) is 17.2 Å². The molecule has 0 unspecified atom stereocenters. The standard InChI is InChI=1S/C20H25ClFO5P/c1-5-6-12(2)11-26-16-7-8-17(19(22)18(16)21)27-20-13(3)9-15(10-14(20)4)28(23,24)25/h7-10,12H,5-6,11H2,1-4H3,(H2,23,24,25)/t12-/m1/s1. The van der Waals surface area contributed by atoms with Gasteiger partial charge in [-0.3, -0.25) is 4.57 Å². The quantitative estimate of drug-likeness (QED) is 0.540. The fourth-order valence-electron chi connectivity index (χ4n) is 2.88. The molecule has 1 atom stereocenters. The molecule has 0 heterocycles. The van der Waals surface area contributed by atoms with Gasteiger partial charge in [0.2, 0.25) is 0 Å². The third-order valence-electron chi connectivity index (χ3n) is 4.31. The second-order valence-electron chi connectivity index (χ2n) is 6.95. The highest BCUT2D eigenvalue weighted by molar-refractivity contribution is 7.60. The molecule has 0 saturated heterocycles. The molecular weight excluding hydrogens is 406 g/mol. The molecule has 0 spiro atoms. The van der Waals surface area contributed by atoms with Crippen LogP contribution in [-0.2, 0) is 4.57 Å². The van der Waals surface area contributed by atoms with Gasteiger partial charge in [0, 0.05) is 0 Å². The van der Waals surface area contributed by atoms with Gasteiger partial charge in [-0.05, 0) is 61.6 Å². The van der Waals surface area contributed by atoms with Gasteiger partial charge in [-0.15, -0.1) is 0 Å². The lowest BCUT2D eigenvalue weighted by molar-refractivity contribution is 0.250. The molecule has 0 radical (unpaired) electrons. The van der Waals surface area contributed by atoms with E-state index in [1.165, 1.54) is 18.2 Å². The van der Waals surface area contributed by atoms with Crippen LogP contribution in [0.2, 0.25) is 5.02 Å². The van der Waals surface area contributed by atoms with Crippen LogP contribution in [0.15, 0.2) is 24.3 Å². The van der Waals surface area contributed by atoms with E-state index in [2.05, 4.69) is 13.8 Å². The van der Waals surface area contributed by atoms with Crippen molar-refractivity contribution in [2.24, 2.45) is 5.92 Å². The van der Waals surface area contributed by atoms with Gasteiger partial charge < -0.3 is 19.3 Å². The zero-order chi connectivity index (χ0) is 21.1. The summed E-state index contributed by atoms with van der Waals surface area (Å²) in [6.07, 6.45) is 2.05. The molecule has 2 aromatic carbocycles. The lowest BCUT2D eigenvalue weighted by Gasteiger charge is -2.17. The first-order chi connectivity index (χ1) is 13.0. The van der Waals surface area contributed by atoms with Gasteiger partial charge in [0.25, 0.3) is 0 Å². The van der Waals surface area contributed by atoms with Crippen molar-refractivity contribution in [2.45, 2.75) is 40.5 Å². The molecule has 0 fully saturated rings. The molecule has 154 valence electrons. The predicted octanol–water partition coefficient (Wildman–Crippen LogP) is 5.51. The van der Waals surface area contributed by atoms with E-state index >= 15 is 0 Å². The molecule has 0 aliphatic rings. The molecule has 0 aromatic heterocycles. The van der Waals surface area contributed by atoms with Gasteiger partial charge in [0.15, 0.2) is 11.6 Å². The van der Waals surface area contributed by atoms with Crippen LogP contribution in [0, 0.1) is 25.6 Å². The first-order valence-electron chi connectivity index (χ1n) is 9.00. The van der Waals surface area contributed by atoms with Crippen molar-refractivity contribution in [1.82, 2.24) is 0 Å². The second-order valence-corrected chi connectivity index (χ2v) is 8.93. The van der Waals surface area contributed by atoms with Gasteiger partial charge in [-0.2, -0.15) is 0 Å². The number of aryl methyl sites for hydroxylation is 2. The summed E-state index contributed by atoms with van der Waals surface area (Å²) in [5, 5.41) is -0.276. The van der Waals surface area contributed by atoms with Crippen LogP contribution in [0.3, 0.4) is 0 Å². The van der Waals surface area contributed by atoms with Gasteiger partial charge in [-0.1, -0.05) is 31.9 Å². The first-order valence-corrected chi connectivity index (χ1v) is 11.0. The van der Waals surface area contributed by atoms with E-state index in [4.69, 9.17) is 21.1 Å². The Morgan fingerprint density at radius 2 is 1.75 bits per heavy atom. The van der Waals surface area contributed by atoms with E-state index in [1.807, 2.05) is 0 Å². The predicted molar refractivity (Wildman–Crippen MR) is 109 cm³/mol. The number of hydrogen-bond donors (Lipinski definition) is 2. The van der Waals surface area contributed by atoms with Crippen LogP contribution in [0.4, 0.5) is 4.39 Å². The van der Waals surface area contributed by atoms with Crippen molar-refractivity contribution in [3.63, 3.8) is 0 Å². The Balaban J connectivity index is 2.26. The van der Waals surface area contributed by atoms with Gasteiger partial charge in [-0.25, -0.2) is 4.39 Å². The Hall–Kier alpha value is -1.59. The molecule has 0 aliphatic carbocycles. The zero-order valence-corrected chi connectivity index (χ0v) is 18.0. The van der Waals surface area contributed by atoms with E-state index in [0.717, 1.165) is 12.8 Å². The fraction of sp³-hybridized carbons (Fsp3) is 0.400. The SMILES string of the molecule is CCC[C@@H](C)COc1ccc(Oc2c(C)cc(P(=O)(O)O)cc2C)c(F)c1Cl. The minimum Gasteiger partial charge on any atom is -0.492 e. The average Bonchev–Trinajstić information content (AvgIpc) is 2.60. The topological polar surface area (TPSA) is 76.0 Å². The highest BCUT2D eigenvalue weighted by Crippen LogP contribution is 2.39. The highest BCUT2D eigenvalue weighted by Gasteiger charge is 2.21. The Bertz CT molecular complexity index is 873. The molecule has 0 amide bonds. The minimum atomic E-state index is -4.39. The Morgan fingerprint density at radius 1 is 1.18 bits per heavy atom. The van der Waals surface area contributed by atoms with Crippen LogP contribution >= 0.6 is 19.2 Å². The van der Waals surface area contributed by atoms with Crippen molar-refractivity contribution >= 4 is 24.5 Å². The Labute approximate surface area is 169 Å². The van der Waals surface area contributed by atoms with E-state index in [-0.39, 0.29) is 21.8 Å². The maximum atomic E-state index is 14.7. The van der Waals surface area contributed by atoms with Crippen LogP contribution in [0.1, 0.15) is 37.8 Å². The molecule has 2 rings (SSSR count). The maximum absolute atomic E-state index is 14.7. The maximum Gasteiger partial charge on any atom is 0.356 e. The first kappa shape index (κ1) is 22.7. The summed E-state index contributed by atoms with van der Waals surface area (Å²) in [4.78, 5) is 18.7. The smallest absolute Gasteiger partial charge is 0.356 e. The van der Waals surface area contributed by atoms with E-state index < -0.39 is 13.4 Å². The molecule has 0 bridgehead atoms. The minimum absolute atomic E-state index is 0.0888. The van der Waals surface area contributed by atoms with Crippen LogP contribution in [0.25, 0.3) is 0 Å². The van der Waals surface area contributed by atoms with Crippen molar-refractivity contribution < 1.29 is 28.2 Å². The summed E-state index contributed by atoms with van der Waals surface area (Å²) >= 11 is 6.11. The second kappa shape index (κ2) is 9.27. The number of rotatable bonds is 8. The molecule has 28 heavy (non-hydrogen) atoms. The average molecular weight is 431 g/mol. The fourth-order valence-corrected chi connectivity index (χ4v) is 3.81. The van der Waals surface area contributed by atoms with Gasteiger partial charge >= 0.3 is 7.60 Å². The molecule has 0 aliphatic heterocycles. The third-order valence-corrected chi connectivity index (χ3v) is 5.59. The third kappa shape index (κ3) is 5.48. The largest absolute Gasteiger partial charge is 0.492 e. The number of ether oxygens (including phenoxy) is 2. The molecule has 8 heteroatoms. The summed E-state index contributed by atoms with van der Waals surface area (Å²) in [6, 6.07) is 5.63. The van der Waals surface area contributed by atoms with E-state index in [1.54, 1.807) is 19.9 Å². The molecule has 0 saturated carbocycles. The summed E-state index contributed by atoms with van der Waals surface area (Å²) < 4.78 is 37.4. The lowest BCUT2D eigenvalue weighted by Crippen LogP contribution is -2.09. The number of benzene rings is 2. The Kier molecular flexibility index (Phi) is 7.52. The number of halogens is 2. The summed E-state index contributed by atoms with van der Waals surface area (Å²) in [6.45, 7) is 7.85. The van der Waals surface area contributed by atoms with Crippen molar-refractivity contribution in [2.75, 3.05) is 6.61 Å². The van der Waals surface area contributed by atoms with Crippen molar-refractivity contribution in [3.05, 3.63) is 46.2 Å². The van der Waals surface area contributed by atoms with Gasteiger partial charge in [0.05, 0.1) is 11.9 Å². The lowest BCUT2D eigenvalue weighted by atomic mass is 10.1. The van der Waals surface area contributed by atoms with E-state index in [0.29, 0.717) is 29.4 Å².